The molecule has 0 nitrogen and oxygen atoms in total. The van der Waals surface area contributed by atoms with E-state index in [2.05, 4.69) is 20.3 Å². The molecule has 6 heavy (non-hydrogen) atoms. The van der Waals surface area contributed by atoms with Crippen molar-refractivity contribution in [2.24, 2.45) is 0 Å². The van der Waals surface area contributed by atoms with Crippen LogP contribution in [0.4, 0.5) is 0 Å². The summed E-state index contributed by atoms with van der Waals surface area (Å²) < 4.78 is 0. The summed E-state index contributed by atoms with van der Waals surface area (Å²) in [6.45, 7) is 4.31. The van der Waals surface area contributed by atoms with Gasteiger partial charge in [-0.3, -0.25) is 0 Å². The quantitative estimate of drug-likeness (QED) is 0.542. The van der Waals surface area contributed by atoms with Crippen LogP contribution in [0, 0.1) is 6.42 Å². The van der Waals surface area contributed by atoms with Crippen molar-refractivity contribution in [1.82, 2.24) is 0 Å². The number of rotatable bonds is 2. The Balaban J connectivity index is 0. The van der Waals surface area contributed by atoms with Crippen LogP contribution in [0.25, 0.3) is 0 Å². The minimum atomic E-state index is 0. The van der Waals surface area contributed by atoms with E-state index in [0.29, 0.717) is 0 Å². The monoisotopic (exact) mass is 160 g/mol. The number of hydrogen-bond donors (Lipinski definition) is 0. The summed E-state index contributed by atoms with van der Waals surface area (Å²) >= 11 is 0. The molecule has 0 aliphatic carbocycles. The average Bonchev–Trinajstić information content (AvgIpc) is 1.41. The van der Waals surface area contributed by atoms with Crippen LogP contribution in [-0.2, 0) is 32.7 Å². The van der Waals surface area contributed by atoms with Crippen LogP contribution >= 0.6 is 0 Å². The van der Waals surface area contributed by atoms with E-state index in [1.54, 1.807) is 0 Å². The first-order valence-corrected chi connectivity index (χ1v) is 2.23. The fraction of sp³-hybridized carbons (Fsp3) is 0.800. The van der Waals surface area contributed by atoms with E-state index in [9.17, 15) is 0 Å². The first kappa shape index (κ1) is 10.2. The number of hydrogen-bond acceptors (Lipinski definition) is 0. The summed E-state index contributed by atoms with van der Waals surface area (Å²) in [4.78, 5) is 0. The largest absolute Gasteiger partial charge is 3.00 e. The standard InChI is InChI=1S/C5H11.Y/c1-3-5-4-2;/h5H,3-4H2,1-2H3;/q-1;+3. The summed E-state index contributed by atoms with van der Waals surface area (Å²) in [6, 6.07) is 0. The predicted octanol–water partition coefficient (Wildman–Crippen LogP) is 2.01. The molecule has 0 fully saturated rings. The normalized spacial score (nSPS) is 7.00. The Bertz CT molecular complexity index is 11.4. The van der Waals surface area contributed by atoms with Gasteiger partial charge in [0.1, 0.15) is 0 Å². The zero-order chi connectivity index (χ0) is 4.12. The first-order valence-electron chi connectivity index (χ1n) is 2.23. The molecule has 0 bridgehead atoms. The molecule has 0 aliphatic rings. The van der Waals surface area contributed by atoms with Crippen molar-refractivity contribution < 1.29 is 32.7 Å². The average molecular weight is 160 g/mol. The van der Waals surface area contributed by atoms with Gasteiger partial charge >= 0.3 is 32.7 Å². The molecule has 0 atom stereocenters. The molecule has 0 rings (SSSR count). The smallest absolute Gasteiger partial charge is 0.329 e. The maximum atomic E-state index is 2.25. The van der Waals surface area contributed by atoms with Gasteiger partial charge in [0.05, 0.1) is 0 Å². The van der Waals surface area contributed by atoms with E-state index in [4.69, 9.17) is 0 Å². The maximum absolute atomic E-state index is 2.25. The van der Waals surface area contributed by atoms with E-state index in [1.807, 2.05) is 0 Å². The molecule has 32 valence electrons. The molecule has 0 amide bonds. The second kappa shape index (κ2) is 9.44. The molecule has 0 aromatic rings. The molecule has 0 aromatic carbocycles. The molecule has 0 N–H and O–H groups in total. The summed E-state index contributed by atoms with van der Waals surface area (Å²) in [5.41, 5.74) is 0. The van der Waals surface area contributed by atoms with E-state index >= 15 is 0 Å². The van der Waals surface area contributed by atoms with Gasteiger partial charge in [0.2, 0.25) is 0 Å². The predicted molar refractivity (Wildman–Crippen MR) is 24.9 cm³/mol. The van der Waals surface area contributed by atoms with E-state index in [-0.39, 0.29) is 32.7 Å². The maximum Gasteiger partial charge on any atom is 3.00 e. The van der Waals surface area contributed by atoms with Gasteiger partial charge in [0.15, 0.2) is 0 Å². The first-order chi connectivity index (χ1) is 2.41. The molecule has 0 aromatic heterocycles. The van der Waals surface area contributed by atoms with Crippen LogP contribution in [0.2, 0.25) is 0 Å². The van der Waals surface area contributed by atoms with Crippen molar-refractivity contribution in [3.8, 4) is 0 Å². The van der Waals surface area contributed by atoms with Gasteiger partial charge in [-0.2, -0.15) is 12.8 Å². The molecule has 0 unspecified atom stereocenters. The zero-order valence-electron chi connectivity index (χ0n) is 4.57. The molecule has 0 aliphatic heterocycles. The molecular weight excluding hydrogens is 149 g/mol. The fourth-order valence-electron chi connectivity index (χ4n) is 0.289. The van der Waals surface area contributed by atoms with Crippen LogP contribution < -0.4 is 0 Å². The van der Waals surface area contributed by atoms with Crippen LogP contribution in [-0.4, -0.2) is 0 Å². The van der Waals surface area contributed by atoms with Crippen LogP contribution in [0.5, 0.6) is 0 Å². The van der Waals surface area contributed by atoms with Gasteiger partial charge in [0.25, 0.3) is 0 Å². The molecule has 0 spiro atoms. The van der Waals surface area contributed by atoms with Crippen LogP contribution in [0.15, 0.2) is 0 Å². The SMILES string of the molecule is CC[CH-]CC.[Y+3]. The Morgan fingerprint density at radius 2 is 1.50 bits per heavy atom. The van der Waals surface area contributed by atoms with E-state index in [1.165, 1.54) is 12.8 Å². The molecule has 1 heteroatoms. The van der Waals surface area contributed by atoms with E-state index < -0.39 is 0 Å². The summed E-state index contributed by atoms with van der Waals surface area (Å²) in [5, 5.41) is 0. The van der Waals surface area contributed by atoms with E-state index in [0.717, 1.165) is 0 Å². The minimum Gasteiger partial charge on any atom is -0.329 e. The van der Waals surface area contributed by atoms with Gasteiger partial charge < -0.3 is 6.42 Å². The van der Waals surface area contributed by atoms with Crippen molar-refractivity contribution in [2.45, 2.75) is 26.7 Å². The molecular formula is C5H11Y+2. The Labute approximate surface area is 65.6 Å². The van der Waals surface area contributed by atoms with Crippen molar-refractivity contribution in [3.05, 3.63) is 6.42 Å². The number of unbranched alkanes of at least 4 members (excludes halogenated alkanes) is 2. The van der Waals surface area contributed by atoms with Crippen molar-refractivity contribution in [2.75, 3.05) is 0 Å². The van der Waals surface area contributed by atoms with Gasteiger partial charge in [-0.1, -0.05) is 13.8 Å². The summed E-state index contributed by atoms with van der Waals surface area (Å²) in [5.74, 6) is 0. The Morgan fingerprint density at radius 1 is 1.17 bits per heavy atom. The van der Waals surface area contributed by atoms with Gasteiger partial charge in [0, 0.05) is 0 Å². The molecule has 0 radical (unpaired) electrons. The zero-order valence-corrected chi connectivity index (χ0v) is 7.41. The summed E-state index contributed by atoms with van der Waals surface area (Å²) in [7, 11) is 0. The van der Waals surface area contributed by atoms with Crippen molar-refractivity contribution in [3.63, 3.8) is 0 Å². The Kier molecular flexibility index (Phi) is 16.0. The Hall–Kier alpha value is 1.10. The van der Waals surface area contributed by atoms with Gasteiger partial charge in [-0.15, -0.1) is 0 Å². The summed E-state index contributed by atoms with van der Waals surface area (Å²) in [6.07, 6.45) is 4.69. The second-order valence-electron chi connectivity index (χ2n) is 1.11. The minimum absolute atomic E-state index is 0. The Morgan fingerprint density at radius 3 is 1.50 bits per heavy atom. The van der Waals surface area contributed by atoms with Crippen molar-refractivity contribution in [1.29, 1.82) is 0 Å². The fourth-order valence-corrected chi connectivity index (χ4v) is 0.289. The van der Waals surface area contributed by atoms with Crippen LogP contribution in [0.1, 0.15) is 26.7 Å². The van der Waals surface area contributed by atoms with Gasteiger partial charge in [-0.25, -0.2) is 0 Å². The third-order valence-corrected chi connectivity index (χ3v) is 0.577. The van der Waals surface area contributed by atoms with Gasteiger partial charge in [-0.05, 0) is 0 Å². The third kappa shape index (κ3) is 8.92. The molecule has 0 saturated carbocycles. The second-order valence-corrected chi connectivity index (χ2v) is 1.11. The molecule has 0 saturated heterocycles. The molecule has 0 heterocycles. The topological polar surface area (TPSA) is 0 Å². The third-order valence-electron chi connectivity index (χ3n) is 0.577. The van der Waals surface area contributed by atoms with Crippen molar-refractivity contribution >= 4 is 0 Å². The van der Waals surface area contributed by atoms with Crippen LogP contribution in [0.3, 0.4) is 0 Å².